The standard InChI is InChI=1S/C7H8F6O2/c1-4(6(8,9)10)5(14)2-3-15-7(11,12)13/h4H,2-3H2,1H3. The summed E-state index contributed by atoms with van der Waals surface area (Å²) in [5.74, 6) is -3.60. The zero-order valence-electron chi connectivity index (χ0n) is 7.58. The van der Waals surface area contributed by atoms with Gasteiger partial charge in [-0.2, -0.15) is 13.2 Å². The first-order valence-corrected chi connectivity index (χ1v) is 3.84. The van der Waals surface area contributed by atoms with Crippen LogP contribution in [0.1, 0.15) is 13.3 Å². The highest BCUT2D eigenvalue weighted by Crippen LogP contribution is 2.27. The van der Waals surface area contributed by atoms with Gasteiger partial charge in [-0.3, -0.25) is 9.53 Å². The number of ether oxygens (including phenoxy) is 1. The molecule has 0 aromatic carbocycles. The van der Waals surface area contributed by atoms with Crippen molar-refractivity contribution < 1.29 is 35.9 Å². The maximum atomic E-state index is 11.9. The third-order valence-electron chi connectivity index (χ3n) is 1.59. The minimum atomic E-state index is -4.93. The molecule has 0 saturated heterocycles. The SMILES string of the molecule is CC(C(=O)CCOC(F)(F)F)C(F)(F)F. The Morgan fingerprint density at radius 1 is 1.20 bits per heavy atom. The molecule has 0 amide bonds. The largest absolute Gasteiger partial charge is 0.522 e. The summed E-state index contributed by atoms with van der Waals surface area (Å²) >= 11 is 0. The summed E-state index contributed by atoms with van der Waals surface area (Å²) in [5, 5.41) is 0. The van der Waals surface area contributed by atoms with E-state index in [1.54, 1.807) is 0 Å². The Balaban J connectivity index is 3.96. The summed E-state index contributed by atoms with van der Waals surface area (Å²) in [6, 6.07) is 0. The average Bonchev–Trinajstić information content (AvgIpc) is 1.98. The van der Waals surface area contributed by atoms with E-state index in [9.17, 15) is 31.1 Å². The summed E-state index contributed by atoms with van der Waals surface area (Å²) in [6.45, 7) is -0.501. The molecule has 0 rings (SSSR count). The van der Waals surface area contributed by atoms with Crippen LogP contribution in [0.3, 0.4) is 0 Å². The molecule has 1 unspecified atom stereocenters. The van der Waals surface area contributed by atoms with Gasteiger partial charge in [0.1, 0.15) is 11.7 Å². The van der Waals surface area contributed by atoms with Crippen LogP contribution in [0, 0.1) is 5.92 Å². The van der Waals surface area contributed by atoms with Crippen molar-refractivity contribution in [2.75, 3.05) is 6.61 Å². The smallest absolute Gasteiger partial charge is 0.299 e. The zero-order valence-corrected chi connectivity index (χ0v) is 7.58. The van der Waals surface area contributed by atoms with E-state index in [2.05, 4.69) is 4.74 Å². The van der Waals surface area contributed by atoms with Crippen molar-refractivity contribution in [1.82, 2.24) is 0 Å². The van der Waals surface area contributed by atoms with Gasteiger partial charge in [0.15, 0.2) is 0 Å². The van der Waals surface area contributed by atoms with Crippen molar-refractivity contribution in [3.63, 3.8) is 0 Å². The lowest BCUT2D eigenvalue weighted by atomic mass is 10.0. The normalized spacial score (nSPS) is 15.1. The third-order valence-corrected chi connectivity index (χ3v) is 1.59. The summed E-state index contributed by atoms with van der Waals surface area (Å²) in [5.41, 5.74) is 0. The molecule has 2 nitrogen and oxygen atoms in total. The van der Waals surface area contributed by atoms with E-state index < -0.39 is 37.3 Å². The van der Waals surface area contributed by atoms with Gasteiger partial charge in [-0.05, 0) is 6.92 Å². The summed E-state index contributed by atoms with van der Waals surface area (Å²) in [4.78, 5) is 10.7. The number of carbonyl (C=O) groups excluding carboxylic acids is 1. The van der Waals surface area contributed by atoms with E-state index in [0.717, 1.165) is 0 Å². The first-order chi connectivity index (χ1) is 6.54. The third kappa shape index (κ3) is 6.32. The summed E-state index contributed by atoms with van der Waals surface area (Å²) in [6.07, 6.45) is -10.6. The number of hydrogen-bond donors (Lipinski definition) is 0. The van der Waals surface area contributed by atoms with Gasteiger partial charge >= 0.3 is 12.5 Å². The molecular formula is C7H8F6O2. The maximum absolute atomic E-state index is 11.9. The van der Waals surface area contributed by atoms with Crippen LogP contribution in [0.4, 0.5) is 26.3 Å². The first-order valence-electron chi connectivity index (χ1n) is 3.84. The van der Waals surface area contributed by atoms with Gasteiger partial charge in [0.05, 0.1) is 6.61 Å². The van der Waals surface area contributed by atoms with Crippen molar-refractivity contribution in [1.29, 1.82) is 0 Å². The van der Waals surface area contributed by atoms with Crippen LogP contribution >= 0.6 is 0 Å². The van der Waals surface area contributed by atoms with E-state index in [0.29, 0.717) is 6.92 Å². The van der Waals surface area contributed by atoms with Crippen LogP contribution in [0.5, 0.6) is 0 Å². The van der Waals surface area contributed by atoms with E-state index in [1.807, 2.05) is 0 Å². The fourth-order valence-corrected chi connectivity index (χ4v) is 0.666. The molecule has 8 heteroatoms. The Kier molecular flexibility index (Phi) is 4.57. The summed E-state index contributed by atoms with van der Waals surface area (Å²) in [7, 11) is 0. The minimum absolute atomic E-state index is 0.593. The fourth-order valence-electron chi connectivity index (χ4n) is 0.666. The van der Waals surface area contributed by atoms with Crippen LogP contribution in [-0.4, -0.2) is 24.9 Å². The fraction of sp³-hybridized carbons (Fsp3) is 0.857. The molecular weight excluding hydrogens is 230 g/mol. The molecule has 0 spiro atoms. The number of alkyl halides is 6. The number of ketones is 1. The van der Waals surface area contributed by atoms with Gasteiger partial charge in [0, 0.05) is 6.42 Å². The van der Waals surface area contributed by atoms with Crippen LogP contribution in [-0.2, 0) is 9.53 Å². The van der Waals surface area contributed by atoms with Crippen LogP contribution < -0.4 is 0 Å². The van der Waals surface area contributed by atoms with Crippen molar-refractivity contribution in [2.24, 2.45) is 5.92 Å². The molecule has 0 bridgehead atoms. The molecule has 0 aliphatic heterocycles. The number of carbonyl (C=O) groups is 1. The van der Waals surface area contributed by atoms with Gasteiger partial charge in [0.25, 0.3) is 0 Å². The van der Waals surface area contributed by atoms with Crippen molar-refractivity contribution in [2.45, 2.75) is 25.9 Å². The Labute approximate surface area is 81.2 Å². The average molecular weight is 238 g/mol. The highest BCUT2D eigenvalue weighted by Gasteiger charge is 2.40. The van der Waals surface area contributed by atoms with Crippen LogP contribution in [0.25, 0.3) is 0 Å². The van der Waals surface area contributed by atoms with E-state index in [4.69, 9.17) is 0 Å². The number of halogens is 6. The predicted molar refractivity (Wildman–Crippen MR) is 36.9 cm³/mol. The lowest BCUT2D eigenvalue weighted by Gasteiger charge is -2.14. The van der Waals surface area contributed by atoms with E-state index in [-0.39, 0.29) is 0 Å². The van der Waals surface area contributed by atoms with Crippen molar-refractivity contribution in [3.05, 3.63) is 0 Å². The van der Waals surface area contributed by atoms with Crippen molar-refractivity contribution in [3.8, 4) is 0 Å². The van der Waals surface area contributed by atoms with Gasteiger partial charge in [-0.15, -0.1) is 13.2 Å². The zero-order chi connectivity index (χ0) is 12.3. The number of hydrogen-bond acceptors (Lipinski definition) is 2. The molecule has 0 radical (unpaired) electrons. The Morgan fingerprint density at radius 3 is 2.00 bits per heavy atom. The molecule has 15 heavy (non-hydrogen) atoms. The minimum Gasteiger partial charge on any atom is -0.299 e. The molecule has 1 atom stereocenters. The monoisotopic (exact) mass is 238 g/mol. The molecule has 0 aliphatic rings. The molecule has 0 aliphatic carbocycles. The Morgan fingerprint density at radius 2 is 1.67 bits per heavy atom. The van der Waals surface area contributed by atoms with Crippen LogP contribution in [0.2, 0.25) is 0 Å². The lowest BCUT2D eigenvalue weighted by Crippen LogP contribution is -2.29. The number of Topliss-reactive ketones (excluding diaryl/α,β-unsaturated/α-hetero) is 1. The van der Waals surface area contributed by atoms with Gasteiger partial charge in [-0.25, -0.2) is 0 Å². The van der Waals surface area contributed by atoms with Crippen molar-refractivity contribution >= 4 is 5.78 Å². The maximum Gasteiger partial charge on any atom is 0.522 e. The molecule has 90 valence electrons. The molecule has 0 aromatic rings. The van der Waals surface area contributed by atoms with E-state index in [1.165, 1.54) is 0 Å². The molecule has 0 N–H and O–H groups in total. The lowest BCUT2D eigenvalue weighted by molar-refractivity contribution is -0.324. The second kappa shape index (κ2) is 4.82. The van der Waals surface area contributed by atoms with Gasteiger partial charge in [0.2, 0.25) is 0 Å². The van der Waals surface area contributed by atoms with Gasteiger partial charge in [-0.1, -0.05) is 0 Å². The summed E-state index contributed by atoms with van der Waals surface area (Å²) < 4.78 is 73.0. The molecule has 0 aromatic heterocycles. The topological polar surface area (TPSA) is 26.3 Å². The molecule has 0 saturated carbocycles. The second-order valence-corrected chi connectivity index (χ2v) is 2.77. The predicted octanol–water partition coefficient (Wildman–Crippen LogP) is 2.68. The first kappa shape index (κ1) is 14.2. The molecule has 0 fully saturated rings. The second-order valence-electron chi connectivity index (χ2n) is 2.77. The molecule has 0 heterocycles. The Bertz CT molecular complexity index is 219. The quantitative estimate of drug-likeness (QED) is 0.704. The highest BCUT2D eigenvalue weighted by molar-refractivity contribution is 5.81. The Hall–Kier alpha value is -0.790. The van der Waals surface area contributed by atoms with Crippen LogP contribution in [0.15, 0.2) is 0 Å². The van der Waals surface area contributed by atoms with Gasteiger partial charge < -0.3 is 0 Å². The highest BCUT2D eigenvalue weighted by atomic mass is 19.4. The number of rotatable bonds is 4. The van der Waals surface area contributed by atoms with E-state index >= 15 is 0 Å².